The third-order valence-electron chi connectivity index (χ3n) is 2.47. The molecule has 1 aliphatic carbocycles. The van der Waals surface area contributed by atoms with Crippen molar-refractivity contribution in [2.45, 2.75) is 38.4 Å². The largest absolute Gasteiger partial charge is 0.390 e. The maximum atomic E-state index is 9.41. The van der Waals surface area contributed by atoms with Gasteiger partial charge in [-0.15, -0.1) is 0 Å². The third kappa shape index (κ3) is 3.33. The molecule has 0 aromatic carbocycles. The summed E-state index contributed by atoms with van der Waals surface area (Å²) in [7, 11) is 0. The van der Waals surface area contributed by atoms with Gasteiger partial charge in [-0.1, -0.05) is 24.3 Å². The molecule has 3 atom stereocenters. The van der Waals surface area contributed by atoms with Crippen molar-refractivity contribution in [3.63, 3.8) is 0 Å². The number of allylic oxidation sites excluding steroid dienone is 3. The molecule has 0 amide bonds. The van der Waals surface area contributed by atoms with Gasteiger partial charge in [0.2, 0.25) is 0 Å². The van der Waals surface area contributed by atoms with Gasteiger partial charge >= 0.3 is 0 Å². The van der Waals surface area contributed by atoms with Crippen LogP contribution in [0.2, 0.25) is 0 Å². The van der Waals surface area contributed by atoms with Crippen LogP contribution >= 0.6 is 0 Å². The normalized spacial score (nSPS) is 35.2. The van der Waals surface area contributed by atoms with Crippen molar-refractivity contribution in [3.05, 3.63) is 24.3 Å². The zero-order chi connectivity index (χ0) is 9.84. The van der Waals surface area contributed by atoms with Crippen LogP contribution in [0.1, 0.15) is 26.2 Å². The SMILES string of the molecule is C=C(C)/C=C/C1CCC(O)C(O)C1. The van der Waals surface area contributed by atoms with Crippen LogP contribution in [-0.2, 0) is 0 Å². The summed E-state index contributed by atoms with van der Waals surface area (Å²) in [6.07, 6.45) is 5.33. The lowest BCUT2D eigenvalue weighted by Crippen LogP contribution is -2.32. The van der Waals surface area contributed by atoms with E-state index in [-0.39, 0.29) is 0 Å². The molecule has 0 aromatic rings. The molecule has 1 fully saturated rings. The third-order valence-corrected chi connectivity index (χ3v) is 2.47. The molecule has 0 aromatic heterocycles. The molecular weight excluding hydrogens is 164 g/mol. The molecule has 1 rings (SSSR count). The minimum Gasteiger partial charge on any atom is -0.390 e. The summed E-state index contributed by atoms with van der Waals surface area (Å²) in [5.41, 5.74) is 1.03. The summed E-state index contributed by atoms with van der Waals surface area (Å²) in [5.74, 6) is 0.398. The molecule has 3 unspecified atom stereocenters. The lowest BCUT2D eigenvalue weighted by atomic mass is 9.85. The standard InChI is InChI=1S/C11H18O2/c1-8(2)3-4-9-5-6-10(12)11(13)7-9/h3-4,9-13H,1,5-7H2,2H3/b4-3+. The first-order valence-electron chi connectivity index (χ1n) is 4.79. The summed E-state index contributed by atoms with van der Waals surface area (Å²) in [6.45, 7) is 5.72. The van der Waals surface area contributed by atoms with Crippen LogP contribution < -0.4 is 0 Å². The molecule has 74 valence electrons. The Labute approximate surface area is 79.6 Å². The maximum Gasteiger partial charge on any atom is 0.0804 e. The Morgan fingerprint density at radius 2 is 2.00 bits per heavy atom. The number of hydrogen-bond donors (Lipinski definition) is 2. The molecule has 1 aliphatic rings. The van der Waals surface area contributed by atoms with Crippen molar-refractivity contribution in [2.24, 2.45) is 5.92 Å². The Morgan fingerprint density at radius 3 is 2.54 bits per heavy atom. The molecule has 2 heteroatoms. The van der Waals surface area contributed by atoms with Gasteiger partial charge in [-0.05, 0) is 32.1 Å². The molecule has 0 radical (unpaired) electrons. The van der Waals surface area contributed by atoms with Gasteiger partial charge in [0.05, 0.1) is 12.2 Å². The first-order chi connectivity index (χ1) is 6.09. The van der Waals surface area contributed by atoms with Gasteiger partial charge in [0, 0.05) is 0 Å². The van der Waals surface area contributed by atoms with Crippen LogP contribution in [0.4, 0.5) is 0 Å². The number of aliphatic hydroxyl groups is 2. The summed E-state index contributed by atoms with van der Waals surface area (Å²) < 4.78 is 0. The van der Waals surface area contributed by atoms with E-state index in [1.165, 1.54) is 0 Å². The molecule has 0 heterocycles. The van der Waals surface area contributed by atoms with Crippen molar-refractivity contribution in [1.82, 2.24) is 0 Å². The van der Waals surface area contributed by atoms with Crippen molar-refractivity contribution >= 4 is 0 Å². The van der Waals surface area contributed by atoms with Crippen molar-refractivity contribution in [1.29, 1.82) is 0 Å². The number of rotatable bonds is 2. The average molecular weight is 182 g/mol. The van der Waals surface area contributed by atoms with E-state index in [2.05, 4.69) is 12.7 Å². The maximum absolute atomic E-state index is 9.41. The van der Waals surface area contributed by atoms with E-state index < -0.39 is 12.2 Å². The van der Waals surface area contributed by atoms with Crippen LogP contribution in [0.25, 0.3) is 0 Å². The second kappa shape index (κ2) is 4.58. The van der Waals surface area contributed by atoms with Crippen LogP contribution in [-0.4, -0.2) is 22.4 Å². The summed E-state index contributed by atoms with van der Waals surface area (Å²) in [4.78, 5) is 0. The van der Waals surface area contributed by atoms with Crippen LogP contribution in [0.3, 0.4) is 0 Å². The molecular formula is C11H18O2. The molecule has 0 bridgehead atoms. The predicted octanol–water partition coefficient (Wildman–Crippen LogP) is 1.64. The molecule has 2 nitrogen and oxygen atoms in total. The van der Waals surface area contributed by atoms with Crippen LogP contribution in [0.5, 0.6) is 0 Å². The molecule has 0 aliphatic heterocycles. The van der Waals surface area contributed by atoms with Gasteiger partial charge in [0.1, 0.15) is 0 Å². The minimum absolute atomic E-state index is 0.398. The van der Waals surface area contributed by atoms with Crippen LogP contribution in [0, 0.1) is 5.92 Å². The van der Waals surface area contributed by atoms with E-state index in [1.807, 2.05) is 13.0 Å². The van der Waals surface area contributed by atoms with Gasteiger partial charge in [-0.2, -0.15) is 0 Å². The van der Waals surface area contributed by atoms with Gasteiger partial charge < -0.3 is 10.2 Å². The Hall–Kier alpha value is -0.600. The Bertz CT molecular complexity index is 208. The quantitative estimate of drug-likeness (QED) is 0.637. The topological polar surface area (TPSA) is 40.5 Å². The predicted molar refractivity (Wildman–Crippen MR) is 53.3 cm³/mol. The van der Waals surface area contributed by atoms with E-state index in [0.717, 1.165) is 12.0 Å². The Kier molecular flexibility index (Phi) is 3.70. The van der Waals surface area contributed by atoms with Gasteiger partial charge in [-0.3, -0.25) is 0 Å². The zero-order valence-corrected chi connectivity index (χ0v) is 8.11. The van der Waals surface area contributed by atoms with Crippen LogP contribution in [0.15, 0.2) is 24.3 Å². The fraction of sp³-hybridized carbons (Fsp3) is 0.636. The fourth-order valence-electron chi connectivity index (χ4n) is 1.64. The van der Waals surface area contributed by atoms with E-state index >= 15 is 0 Å². The molecule has 0 saturated heterocycles. The average Bonchev–Trinajstić information content (AvgIpc) is 2.07. The highest BCUT2D eigenvalue weighted by Crippen LogP contribution is 2.25. The lowest BCUT2D eigenvalue weighted by Gasteiger charge is -2.28. The second-order valence-electron chi connectivity index (χ2n) is 3.91. The Balaban J connectivity index is 2.42. The van der Waals surface area contributed by atoms with Crippen molar-refractivity contribution < 1.29 is 10.2 Å². The molecule has 2 N–H and O–H groups in total. The second-order valence-corrected chi connectivity index (χ2v) is 3.91. The van der Waals surface area contributed by atoms with Gasteiger partial charge in [0.25, 0.3) is 0 Å². The summed E-state index contributed by atoms with van der Waals surface area (Å²) in [6, 6.07) is 0. The fourth-order valence-corrected chi connectivity index (χ4v) is 1.64. The monoisotopic (exact) mass is 182 g/mol. The van der Waals surface area contributed by atoms with E-state index in [1.54, 1.807) is 0 Å². The van der Waals surface area contributed by atoms with Crippen molar-refractivity contribution in [3.8, 4) is 0 Å². The number of hydrogen-bond acceptors (Lipinski definition) is 2. The van der Waals surface area contributed by atoms with E-state index in [0.29, 0.717) is 18.8 Å². The highest BCUT2D eigenvalue weighted by molar-refractivity contribution is 5.12. The zero-order valence-electron chi connectivity index (χ0n) is 8.11. The first kappa shape index (κ1) is 10.5. The summed E-state index contributed by atoms with van der Waals surface area (Å²) in [5, 5.41) is 18.7. The lowest BCUT2D eigenvalue weighted by molar-refractivity contribution is -0.0189. The summed E-state index contributed by atoms with van der Waals surface area (Å²) >= 11 is 0. The molecule has 13 heavy (non-hydrogen) atoms. The highest BCUT2D eigenvalue weighted by Gasteiger charge is 2.25. The number of aliphatic hydroxyl groups excluding tert-OH is 2. The van der Waals surface area contributed by atoms with Gasteiger partial charge in [0.15, 0.2) is 0 Å². The highest BCUT2D eigenvalue weighted by atomic mass is 16.3. The van der Waals surface area contributed by atoms with E-state index in [4.69, 9.17) is 0 Å². The molecule has 0 spiro atoms. The van der Waals surface area contributed by atoms with Gasteiger partial charge in [-0.25, -0.2) is 0 Å². The van der Waals surface area contributed by atoms with E-state index in [9.17, 15) is 10.2 Å². The first-order valence-corrected chi connectivity index (χ1v) is 4.79. The molecule has 1 saturated carbocycles. The van der Waals surface area contributed by atoms with Crippen molar-refractivity contribution in [2.75, 3.05) is 0 Å². The minimum atomic E-state index is -0.548. The Morgan fingerprint density at radius 1 is 1.31 bits per heavy atom. The smallest absolute Gasteiger partial charge is 0.0804 e.